The second-order valence-corrected chi connectivity index (χ2v) is 4.72. The van der Waals surface area contributed by atoms with Crippen molar-refractivity contribution in [2.24, 2.45) is 5.92 Å². The molecule has 1 N–H and O–H groups in total. The third kappa shape index (κ3) is 2.71. The lowest BCUT2D eigenvalue weighted by Gasteiger charge is -2.43. The number of hydrogen-bond acceptors (Lipinski definition) is 2. The molecule has 0 aromatic rings. The van der Waals surface area contributed by atoms with Crippen LogP contribution in [0.1, 0.15) is 40.5 Å². The summed E-state index contributed by atoms with van der Waals surface area (Å²) in [4.78, 5) is 2.72. The van der Waals surface area contributed by atoms with Crippen molar-refractivity contribution >= 4 is 0 Å². The van der Waals surface area contributed by atoms with Crippen molar-refractivity contribution in [1.29, 1.82) is 0 Å². The molecule has 14 heavy (non-hydrogen) atoms. The standard InChI is InChI=1S/C12H26N2/c1-5-11(6-2)14-8-7-13-9-12(14)10(3)4/h10-13H,5-9H2,1-4H3. The molecule has 0 bridgehead atoms. The molecule has 1 aliphatic rings. The van der Waals surface area contributed by atoms with E-state index < -0.39 is 0 Å². The Balaban J connectivity index is 2.61. The molecule has 0 spiro atoms. The van der Waals surface area contributed by atoms with Gasteiger partial charge in [-0.15, -0.1) is 0 Å². The molecule has 2 nitrogen and oxygen atoms in total. The first-order valence-electron chi connectivity index (χ1n) is 6.17. The smallest absolute Gasteiger partial charge is 0.0247 e. The van der Waals surface area contributed by atoms with Crippen LogP contribution in [0.2, 0.25) is 0 Å². The fourth-order valence-corrected chi connectivity index (χ4v) is 2.57. The largest absolute Gasteiger partial charge is 0.314 e. The highest BCUT2D eigenvalue weighted by Crippen LogP contribution is 2.19. The van der Waals surface area contributed by atoms with E-state index in [1.54, 1.807) is 0 Å². The van der Waals surface area contributed by atoms with Crippen LogP contribution < -0.4 is 5.32 Å². The summed E-state index contributed by atoms with van der Waals surface area (Å²) in [5, 5.41) is 3.51. The number of piperazine rings is 1. The van der Waals surface area contributed by atoms with E-state index in [2.05, 4.69) is 37.9 Å². The summed E-state index contributed by atoms with van der Waals surface area (Å²) in [5.74, 6) is 0.767. The Kier molecular flexibility index (Phi) is 4.90. The van der Waals surface area contributed by atoms with Crippen LogP contribution in [0.5, 0.6) is 0 Å². The fourth-order valence-electron chi connectivity index (χ4n) is 2.57. The van der Waals surface area contributed by atoms with Crippen LogP contribution in [-0.4, -0.2) is 36.6 Å². The molecule has 0 aliphatic carbocycles. The Morgan fingerprint density at radius 3 is 2.43 bits per heavy atom. The fraction of sp³-hybridized carbons (Fsp3) is 1.00. The van der Waals surface area contributed by atoms with E-state index in [9.17, 15) is 0 Å². The molecular weight excluding hydrogens is 172 g/mol. The van der Waals surface area contributed by atoms with Crippen molar-refractivity contribution in [3.63, 3.8) is 0 Å². The van der Waals surface area contributed by atoms with Gasteiger partial charge in [-0.05, 0) is 18.8 Å². The van der Waals surface area contributed by atoms with E-state index in [1.807, 2.05) is 0 Å². The molecule has 1 heterocycles. The maximum absolute atomic E-state index is 3.51. The van der Waals surface area contributed by atoms with Gasteiger partial charge in [-0.1, -0.05) is 27.7 Å². The molecule has 1 rings (SSSR count). The third-order valence-corrected chi connectivity index (χ3v) is 3.51. The van der Waals surface area contributed by atoms with Gasteiger partial charge < -0.3 is 5.32 Å². The van der Waals surface area contributed by atoms with E-state index >= 15 is 0 Å². The maximum atomic E-state index is 3.51. The summed E-state index contributed by atoms with van der Waals surface area (Å²) in [5.41, 5.74) is 0. The molecule has 1 aliphatic heterocycles. The van der Waals surface area contributed by atoms with Gasteiger partial charge in [0.1, 0.15) is 0 Å². The van der Waals surface area contributed by atoms with Gasteiger partial charge >= 0.3 is 0 Å². The topological polar surface area (TPSA) is 15.3 Å². The Hall–Kier alpha value is -0.0800. The predicted octanol–water partition coefficient (Wildman–Crippen LogP) is 2.10. The minimum absolute atomic E-state index is 0.744. The summed E-state index contributed by atoms with van der Waals surface area (Å²) in [7, 11) is 0. The number of nitrogens with one attached hydrogen (secondary N) is 1. The van der Waals surface area contributed by atoms with E-state index in [0.717, 1.165) is 18.0 Å². The van der Waals surface area contributed by atoms with Crippen molar-refractivity contribution in [3.8, 4) is 0 Å². The molecule has 0 saturated carbocycles. The zero-order chi connectivity index (χ0) is 10.6. The van der Waals surface area contributed by atoms with Crippen LogP contribution in [-0.2, 0) is 0 Å². The second kappa shape index (κ2) is 5.72. The second-order valence-electron chi connectivity index (χ2n) is 4.72. The zero-order valence-corrected chi connectivity index (χ0v) is 10.2. The molecule has 1 fully saturated rings. The lowest BCUT2D eigenvalue weighted by Crippen LogP contribution is -2.56. The van der Waals surface area contributed by atoms with Crippen molar-refractivity contribution in [2.45, 2.75) is 52.6 Å². The van der Waals surface area contributed by atoms with Gasteiger partial charge in [0.15, 0.2) is 0 Å². The average Bonchev–Trinajstić information content (AvgIpc) is 2.20. The van der Waals surface area contributed by atoms with Crippen molar-refractivity contribution in [1.82, 2.24) is 10.2 Å². The molecule has 0 aromatic heterocycles. The molecule has 0 radical (unpaired) electrons. The van der Waals surface area contributed by atoms with Crippen LogP contribution in [0, 0.1) is 5.92 Å². The molecular formula is C12H26N2. The van der Waals surface area contributed by atoms with Gasteiger partial charge in [0, 0.05) is 31.7 Å². The molecule has 0 aromatic carbocycles. The van der Waals surface area contributed by atoms with Gasteiger partial charge in [-0.2, -0.15) is 0 Å². The Bertz CT molecular complexity index is 152. The lowest BCUT2D eigenvalue weighted by atomic mass is 9.97. The quantitative estimate of drug-likeness (QED) is 0.744. The normalized spacial score (nSPS) is 24.9. The summed E-state index contributed by atoms with van der Waals surface area (Å²) < 4.78 is 0. The van der Waals surface area contributed by atoms with E-state index in [1.165, 1.54) is 32.5 Å². The van der Waals surface area contributed by atoms with Gasteiger partial charge in [-0.3, -0.25) is 4.90 Å². The average molecular weight is 198 g/mol. The summed E-state index contributed by atoms with van der Waals surface area (Å²) in [6, 6.07) is 1.54. The summed E-state index contributed by atoms with van der Waals surface area (Å²) in [6.45, 7) is 12.9. The minimum Gasteiger partial charge on any atom is -0.314 e. The van der Waals surface area contributed by atoms with Crippen molar-refractivity contribution < 1.29 is 0 Å². The number of rotatable bonds is 4. The van der Waals surface area contributed by atoms with Gasteiger partial charge in [0.2, 0.25) is 0 Å². The van der Waals surface area contributed by atoms with Crippen LogP contribution in [0.15, 0.2) is 0 Å². The highest BCUT2D eigenvalue weighted by atomic mass is 15.2. The van der Waals surface area contributed by atoms with Gasteiger partial charge in [-0.25, -0.2) is 0 Å². The highest BCUT2D eigenvalue weighted by Gasteiger charge is 2.28. The van der Waals surface area contributed by atoms with E-state index in [-0.39, 0.29) is 0 Å². The van der Waals surface area contributed by atoms with E-state index in [4.69, 9.17) is 0 Å². The Morgan fingerprint density at radius 1 is 1.29 bits per heavy atom. The molecule has 1 unspecified atom stereocenters. The first-order chi connectivity index (χ1) is 6.70. The van der Waals surface area contributed by atoms with Gasteiger partial charge in [0.25, 0.3) is 0 Å². The molecule has 1 saturated heterocycles. The third-order valence-electron chi connectivity index (χ3n) is 3.51. The Labute approximate surface area is 89.1 Å². The van der Waals surface area contributed by atoms with Crippen LogP contribution in [0.3, 0.4) is 0 Å². The molecule has 2 heteroatoms. The highest BCUT2D eigenvalue weighted by molar-refractivity contribution is 4.85. The van der Waals surface area contributed by atoms with E-state index in [0.29, 0.717) is 0 Å². The summed E-state index contributed by atoms with van der Waals surface area (Å²) >= 11 is 0. The van der Waals surface area contributed by atoms with Crippen LogP contribution >= 0.6 is 0 Å². The molecule has 84 valence electrons. The molecule has 1 atom stereocenters. The zero-order valence-electron chi connectivity index (χ0n) is 10.2. The van der Waals surface area contributed by atoms with Crippen LogP contribution in [0.4, 0.5) is 0 Å². The van der Waals surface area contributed by atoms with Gasteiger partial charge in [0.05, 0.1) is 0 Å². The first kappa shape index (κ1) is 12.0. The SMILES string of the molecule is CCC(CC)N1CCNCC1C(C)C. The summed E-state index contributed by atoms with van der Waals surface area (Å²) in [6.07, 6.45) is 2.58. The number of hydrogen-bond donors (Lipinski definition) is 1. The first-order valence-corrected chi connectivity index (χ1v) is 6.17. The van der Waals surface area contributed by atoms with Crippen LogP contribution in [0.25, 0.3) is 0 Å². The Morgan fingerprint density at radius 2 is 1.93 bits per heavy atom. The lowest BCUT2D eigenvalue weighted by molar-refractivity contribution is 0.0725. The maximum Gasteiger partial charge on any atom is 0.0247 e. The number of nitrogens with zero attached hydrogens (tertiary/aromatic N) is 1. The monoisotopic (exact) mass is 198 g/mol. The minimum atomic E-state index is 0.744. The van der Waals surface area contributed by atoms with Crippen molar-refractivity contribution in [2.75, 3.05) is 19.6 Å². The predicted molar refractivity (Wildman–Crippen MR) is 62.6 cm³/mol. The molecule has 0 amide bonds. The van der Waals surface area contributed by atoms with Crippen molar-refractivity contribution in [3.05, 3.63) is 0 Å².